The number of rotatable bonds is 6. The molecule has 2 aromatic carbocycles. The average molecular weight is 333 g/mol. The minimum atomic E-state index is 0.316. The van der Waals surface area contributed by atoms with Crippen LogP contribution in [0.15, 0.2) is 78.9 Å². The van der Waals surface area contributed by atoms with Gasteiger partial charge in [-0.1, -0.05) is 78.9 Å². The van der Waals surface area contributed by atoms with E-state index in [1.165, 1.54) is 11.1 Å². The first-order chi connectivity index (χ1) is 11.7. The first-order valence-corrected chi connectivity index (χ1v) is 8.23. The van der Waals surface area contributed by atoms with Gasteiger partial charge < -0.3 is 10.6 Å². The van der Waals surface area contributed by atoms with Crippen molar-refractivity contribution in [1.82, 2.24) is 4.98 Å². The van der Waals surface area contributed by atoms with Crippen LogP contribution in [0.5, 0.6) is 0 Å². The van der Waals surface area contributed by atoms with Gasteiger partial charge in [0.15, 0.2) is 0 Å². The number of nitrogens with two attached hydrogens (primary N) is 1. The molecule has 0 unspecified atom stereocenters. The number of hydrogen-bond donors (Lipinski definition) is 1. The third-order valence-electron chi connectivity index (χ3n) is 3.74. The Bertz CT molecular complexity index is 762. The van der Waals surface area contributed by atoms with E-state index in [-0.39, 0.29) is 0 Å². The van der Waals surface area contributed by atoms with Crippen LogP contribution in [0.4, 0.5) is 5.82 Å². The van der Waals surface area contributed by atoms with Crippen molar-refractivity contribution in [1.29, 1.82) is 0 Å². The molecule has 0 saturated heterocycles. The lowest BCUT2D eigenvalue weighted by molar-refractivity contribution is 0.783. The van der Waals surface area contributed by atoms with Crippen molar-refractivity contribution >= 4 is 23.0 Å². The summed E-state index contributed by atoms with van der Waals surface area (Å²) in [5.41, 5.74) is 8.85. The molecule has 1 aromatic heterocycles. The molecule has 0 radical (unpaired) electrons. The van der Waals surface area contributed by atoms with Crippen LogP contribution in [-0.4, -0.2) is 9.97 Å². The SMILES string of the molecule is NC(=S)c1cccc(N(Cc2ccccc2)Cc2ccccc2)n1. The van der Waals surface area contributed by atoms with Gasteiger partial charge in [0.05, 0.1) is 5.69 Å². The summed E-state index contributed by atoms with van der Waals surface area (Å²) in [5, 5.41) is 0. The molecule has 0 saturated carbocycles. The van der Waals surface area contributed by atoms with E-state index in [0.29, 0.717) is 10.7 Å². The molecule has 4 heteroatoms. The van der Waals surface area contributed by atoms with Gasteiger partial charge in [-0.15, -0.1) is 0 Å². The number of anilines is 1. The maximum atomic E-state index is 5.74. The minimum Gasteiger partial charge on any atom is -0.388 e. The second-order valence-corrected chi connectivity index (χ2v) is 6.01. The first-order valence-electron chi connectivity index (χ1n) is 7.82. The number of benzene rings is 2. The standard InChI is InChI=1S/C20H19N3S/c21-20(24)18-12-7-13-19(22-18)23(14-16-8-3-1-4-9-16)15-17-10-5-2-6-11-17/h1-13H,14-15H2,(H2,21,24). The number of pyridine rings is 1. The van der Waals surface area contributed by atoms with E-state index < -0.39 is 0 Å². The Labute approximate surface area is 147 Å². The summed E-state index contributed by atoms with van der Waals surface area (Å²) >= 11 is 5.06. The summed E-state index contributed by atoms with van der Waals surface area (Å²) in [6.07, 6.45) is 0. The molecule has 2 N–H and O–H groups in total. The fraction of sp³-hybridized carbons (Fsp3) is 0.100. The molecule has 0 spiro atoms. The topological polar surface area (TPSA) is 42.1 Å². The van der Waals surface area contributed by atoms with Crippen LogP contribution >= 0.6 is 12.2 Å². The minimum absolute atomic E-state index is 0.316. The highest BCUT2D eigenvalue weighted by Crippen LogP contribution is 2.18. The van der Waals surface area contributed by atoms with Crippen LogP contribution in [0, 0.1) is 0 Å². The van der Waals surface area contributed by atoms with Crippen molar-refractivity contribution in [3.05, 3.63) is 95.7 Å². The molecule has 0 atom stereocenters. The van der Waals surface area contributed by atoms with Crippen molar-refractivity contribution in [2.45, 2.75) is 13.1 Å². The average Bonchev–Trinajstić information content (AvgIpc) is 2.63. The van der Waals surface area contributed by atoms with Gasteiger partial charge in [0.2, 0.25) is 0 Å². The van der Waals surface area contributed by atoms with Crippen LogP contribution in [0.25, 0.3) is 0 Å². The van der Waals surface area contributed by atoms with Gasteiger partial charge >= 0.3 is 0 Å². The smallest absolute Gasteiger partial charge is 0.129 e. The van der Waals surface area contributed by atoms with E-state index in [0.717, 1.165) is 18.9 Å². The summed E-state index contributed by atoms with van der Waals surface area (Å²) in [6.45, 7) is 1.53. The Kier molecular flexibility index (Phi) is 5.18. The Morgan fingerprint density at radius 2 is 1.33 bits per heavy atom. The van der Waals surface area contributed by atoms with Gasteiger partial charge in [-0.3, -0.25) is 0 Å². The predicted octanol–water partition coefficient (Wildman–Crippen LogP) is 3.92. The lowest BCUT2D eigenvalue weighted by Crippen LogP contribution is -2.24. The summed E-state index contributed by atoms with van der Waals surface area (Å²) in [4.78, 5) is 7.17. The number of hydrogen-bond acceptors (Lipinski definition) is 3. The molecule has 1 heterocycles. The Morgan fingerprint density at radius 1 is 0.792 bits per heavy atom. The quantitative estimate of drug-likeness (QED) is 0.694. The summed E-state index contributed by atoms with van der Waals surface area (Å²) in [7, 11) is 0. The lowest BCUT2D eigenvalue weighted by atomic mass is 10.1. The maximum absolute atomic E-state index is 5.74. The Hall–Kier alpha value is -2.72. The highest BCUT2D eigenvalue weighted by atomic mass is 32.1. The zero-order valence-electron chi connectivity index (χ0n) is 13.3. The van der Waals surface area contributed by atoms with E-state index >= 15 is 0 Å². The normalized spacial score (nSPS) is 10.3. The molecule has 3 rings (SSSR count). The molecular formula is C20H19N3S. The fourth-order valence-corrected chi connectivity index (χ4v) is 2.68. The van der Waals surface area contributed by atoms with Crippen LogP contribution in [0.2, 0.25) is 0 Å². The molecule has 24 heavy (non-hydrogen) atoms. The Balaban J connectivity index is 1.92. The van der Waals surface area contributed by atoms with Crippen LogP contribution in [0.3, 0.4) is 0 Å². The molecule has 0 aliphatic heterocycles. The van der Waals surface area contributed by atoms with Gasteiger partial charge in [0, 0.05) is 13.1 Å². The predicted molar refractivity (Wildman–Crippen MR) is 103 cm³/mol. The molecule has 3 nitrogen and oxygen atoms in total. The summed E-state index contributed by atoms with van der Waals surface area (Å²) in [6, 6.07) is 26.5. The van der Waals surface area contributed by atoms with Gasteiger partial charge in [0.1, 0.15) is 10.8 Å². The van der Waals surface area contributed by atoms with Gasteiger partial charge in [-0.25, -0.2) is 4.98 Å². The number of nitrogens with zero attached hydrogens (tertiary/aromatic N) is 2. The van der Waals surface area contributed by atoms with E-state index in [9.17, 15) is 0 Å². The van der Waals surface area contributed by atoms with Crippen LogP contribution < -0.4 is 10.6 Å². The molecular weight excluding hydrogens is 314 g/mol. The molecule has 120 valence electrons. The second-order valence-electron chi connectivity index (χ2n) is 5.57. The third-order valence-corrected chi connectivity index (χ3v) is 3.95. The monoisotopic (exact) mass is 333 g/mol. The number of thiocarbonyl (C=S) groups is 1. The highest BCUT2D eigenvalue weighted by Gasteiger charge is 2.11. The van der Waals surface area contributed by atoms with E-state index in [4.69, 9.17) is 18.0 Å². The zero-order valence-corrected chi connectivity index (χ0v) is 14.1. The van der Waals surface area contributed by atoms with Gasteiger partial charge in [0.25, 0.3) is 0 Å². The van der Waals surface area contributed by atoms with Crippen molar-refractivity contribution < 1.29 is 0 Å². The largest absolute Gasteiger partial charge is 0.388 e. The molecule has 0 fully saturated rings. The maximum Gasteiger partial charge on any atom is 0.129 e. The van der Waals surface area contributed by atoms with E-state index in [1.54, 1.807) is 0 Å². The third kappa shape index (κ3) is 4.18. The van der Waals surface area contributed by atoms with Gasteiger partial charge in [-0.2, -0.15) is 0 Å². The van der Waals surface area contributed by atoms with Crippen LogP contribution in [0.1, 0.15) is 16.8 Å². The zero-order chi connectivity index (χ0) is 16.8. The van der Waals surface area contributed by atoms with Crippen molar-refractivity contribution in [2.75, 3.05) is 4.90 Å². The molecule has 0 amide bonds. The lowest BCUT2D eigenvalue weighted by Gasteiger charge is -2.24. The van der Waals surface area contributed by atoms with E-state index in [2.05, 4.69) is 58.4 Å². The van der Waals surface area contributed by atoms with Crippen molar-refractivity contribution in [3.63, 3.8) is 0 Å². The summed E-state index contributed by atoms with van der Waals surface area (Å²) < 4.78 is 0. The van der Waals surface area contributed by atoms with Gasteiger partial charge in [-0.05, 0) is 23.3 Å². The molecule has 0 bridgehead atoms. The molecule has 3 aromatic rings. The highest BCUT2D eigenvalue weighted by molar-refractivity contribution is 7.80. The Morgan fingerprint density at radius 3 is 1.83 bits per heavy atom. The fourth-order valence-electron chi connectivity index (χ4n) is 2.56. The van der Waals surface area contributed by atoms with Crippen molar-refractivity contribution in [3.8, 4) is 0 Å². The van der Waals surface area contributed by atoms with Crippen molar-refractivity contribution in [2.24, 2.45) is 5.73 Å². The van der Waals surface area contributed by atoms with Crippen LogP contribution in [-0.2, 0) is 13.1 Å². The molecule has 0 aliphatic rings. The first kappa shape index (κ1) is 16.1. The summed E-state index contributed by atoms with van der Waals surface area (Å²) in [5.74, 6) is 0.869. The van der Waals surface area contributed by atoms with E-state index in [1.807, 2.05) is 30.3 Å². The molecule has 0 aliphatic carbocycles. The number of aromatic nitrogens is 1. The second kappa shape index (κ2) is 7.70.